The lowest BCUT2D eigenvalue weighted by molar-refractivity contribution is -0.384. The van der Waals surface area contributed by atoms with Gasteiger partial charge in [-0.05, 0) is 49.2 Å². The summed E-state index contributed by atoms with van der Waals surface area (Å²) in [6, 6.07) is 16.7. The van der Waals surface area contributed by atoms with Crippen molar-refractivity contribution >= 4 is 33.0 Å². The fourth-order valence-electron chi connectivity index (χ4n) is 2.80. The molecule has 30 heavy (non-hydrogen) atoms. The van der Waals surface area contributed by atoms with Crippen LogP contribution in [0.5, 0.6) is 0 Å². The topological polar surface area (TPSA) is 118 Å². The predicted molar refractivity (Wildman–Crippen MR) is 114 cm³/mol. The summed E-state index contributed by atoms with van der Waals surface area (Å²) >= 11 is 0. The number of nitrogens with zero attached hydrogens (tertiary/aromatic N) is 1. The van der Waals surface area contributed by atoms with E-state index in [9.17, 15) is 23.3 Å². The number of benzene rings is 3. The summed E-state index contributed by atoms with van der Waals surface area (Å²) in [7, 11) is -3.92. The number of amides is 1. The number of nitro benzene ring substituents is 1. The van der Waals surface area contributed by atoms with E-state index in [2.05, 4.69) is 10.0 Å². The summed E-state index contributed by atoms with van der Waals surface area (Å²) < 4.78 is 28.1. The van der Waals surface area contributed by atoms with Gasteiger partial charge in [0, 0.05) is 23.4 Å². The summed E-state index contributed by atoms with van der Waals surface area (Å²) in [6.07, 6.45) is 0. The van der Waals surface area contributed by atoms with E-state index in [0.717, 1.165) is 5.56 Å². The molecular weight excluding hydrogens is 406 g/mol. The molecule has 0 spiro atoms. The Morgan fingerprint density at radius 3 is 2.37 bits per heavy atom. The second-order valence-corrected chi connectivity index (χ2v) is 8.34. The van der Waals surface area contributed by atoms with E-state index in [0.29, 0.717) is 11.3 Å². The Morgan fingerprint density at radius 1 is 0.933 bits per heavy atom. The Hall–Kier alpha value is -3.72. The van der Waals surface area contributed by atoms with Gasteiger partial charge in [0.15, 0.2) is 0 Å². The van der Waals surface area contributed by atoms with E-state index < -0.39 is 20.9 Å². The van der Waals surface area contributed by atoms with Gasteiger partial charge in [-0.3, -0.25) is 19.6 Å². The molecule has 0 atom stereocenters. The molecule has 0 aliphatic heterocycles. The maximum atomic E-state index is 12.8. The Kier molecular flexibility index (Phi) is 5.84. The van der Waals surface area contributed by atoms with E-state index in [4.69, 9.17) is 0 Å². The second-order valence-electron chi connectivity index (χ2n) is 6.66. The van der Waals surface area contributed by atoms with E-state index in [1.165, 1.54) is 42.5 Å². The highest BCUT2D eigenvalue weighted by Crippen LogP contribution is 2.23. The molecule has 2 N–H and O–H groups in total. The van der Waals surface area contributed by atoms with Crippen molar-refractivity contribution in [3.05, 3.63) is 93.5 Å². The molecule has 0 bridgehead atoms. The number of nitrogens with one attached hydrogen (secondary N) is 2. The minimum absolute atomic E-state index is 0.0689. The van der Waals surface area contributed by atoms with Crippen LogP contribution in [0.4, 0.5) is 17.1 Å². The first-order chi connectivity index (χ1) is 14.2. The quantitative estimate of drug-likeness (QED) is 0.452. The third-order valence-electron chi connectivity index (χ3n) is 4.47. The number of carbonyl (C=O) groups is 1. The van der Waals surface area contributed by atoms with Gasteiger partial charge in [-0.15, -0.1) is 0 Å². The zero-order valence-corrected chi connectivity index (χ0v) is 17.1. The van der Waals surface area contributed by atoms with Gasteiger partial charge in [-0.2, -0.15) is 0 Å². The van der Waals surface area contributed by atoms with Crippen LogP contribution in [0, 0.1) is 24.0 Å². The van der Waals surface area contributed by atoms with Crippen LogP contribution in [0.3, 0.4) is 0 Å². The normalized spacial score (nSPS) is 11.0. The standard InChI is InChI=1S/C21H19N3O5S/c1-14-10-11-18(30(28,29)23-20-9-4-3-6-15(20)2)13-19(14)21(25)22-16-7-5-8-17(12-16)24(26)27/h3-13,23H,1-2H3,(H,22,25). The number of para-hydroxylation sites is 1. The Labute approximate surface area is 173 Å². The summed E-state index contributed by atoms with van der Waals surface area (Å²) in [4.78, 5) is 23.0. The molecule has 3 aromatic rings. The van der Waals surface area contributed by atoms with Gasteiger partial charge in [0.25, 0.3) is 21.6 Å². The Bertz CT molecular complexity index is 1240. The number of sulfonamides is 1. The number of anilines is 2. The van der Waals surface area contributed by atoms with Crippen LogP contribution in [0.15, 0.2) is 71.6 Å². The van der Waals surface area contributed by atoms with Gasteiger partial charge in [-0.25, -0.2) is 8.42 Å². The van der Waals surface area contributed by atoms with Crippen LogP contribution in [-0.4, -0.2) is 19.2 Å². The molecule has 9 heteroatoms. The average Bonchev–Trinajstić information content (AvgIpc) is 2.70. The van der Waals surface area contributed by atoms with Crippen LogP contribution in [0.25, 0.3) is 0 Å². The van der Waals surface area contributed by atoms with Gasteiger partial charge >= 0.3 is 0 Å². The van der Waals surface area contributed by atoms with Gasteiger partial charge in [0.2, 0.25) is 0 Å². The van der Waals surface area contributed by atoms with Crippen LogP contribution < -0.4 is 10.0 Å². The highest BCUT2D eigenvalue weighted by molar-refractivity contribution is 7.92. The SMILES string of the molecule is Cc1ccccc1NS(=O)(=O)c1ccc(C)c(C(=O)Nc2cccc([N+](=O)[O-])c2)c1. The molecule has 0 radical (unpaired) electrons. The molecule has 3 rings (SSSR count). The highest BCUT2D eigenvalue weighted by atomic mass is 32.2. The molecule has 0 unspecified atom stereocenters. The van der Waals surface area contributed by atoms with E-state index >= 15 is 0 Å². The molecule has 0 aliphatic rings. The highest BCUT2D eigenvalue weighted by Gasteiger charge is 2.19. The van der Waals surface area contributed by atoms with Crippen molar-refractivity contribution in [2.45, 2.75) is 18.7 Å². The van der Waals surface area contributed by atoms with Crippen molar-refractivity contribution in [3.63, 3.8) is 0 Å². The molecule has 0 saturated heterocycles. The van der Waals surface area contributed by atoms with Crippen molar-refractivity contribution in [2.24, 2.45) is 0 Å². The molecule has 0 aromatic heterocycles. The number of non-ortho nitro benzene ring substituents is 1. The van der Waals surface area contributed by atoms with E-state index in [1.807, 2.05) is 0 Å². The lowest BCUT2D eigenvalue weighted by Gasteiger charge is -2.13. The van der Waals surface area contributed by atoms with Crippen molar-refractivity contribution in [1.29, 1.82) is 0 Å². The molecule has 0 aliphatic carbocycles. The first-order valence-corrected chi connectivity index (χ1v) is 10.4. The molecule has 3 aromatic carbocycles. The van der Waals surface area contributed by atoms with Gasteiger partial charge in [-0.1, -0.05) is 30.3 Å². The molecule has 1 amide bonds. The van der Waals surface area contributed by atoms with Crippen molar-refractivity contribution in [3.8, 4) is 0 Å². The van der Waals surface area contributed by atoms with Crippen LogP contribution >= 0.6 is 0 Å². The van der Waals surface area contributed by atoms with E-state index in [1.54, 1.807) is 38.1 Å². The van der Waals surface area contributed by atoms with Crippen molar-refractivity contribution < 1.29 is 18.1 Å². The molecule has 0 saturated carbocycles. The third-order valence-corrected chi connectivity index (χ3v) is 5.83. The minimum atomic E-state index is -3.92. The zero-order chi connectivity index (χ0) is 21.9. The fourth-order valence-corrected chi connectivity index (χ4v) is 3.96. The van der Waals surface area contributed by atoms with Crippen LogP contribution in [-0.2, 0) is 10.0 Å². The molecule has 0 fully saturated rings. The number of nitro groups is 1. The van der Waals surface area contributed by atoms with Crippen LogP contribution in [0.2, 0.25) is 0 Å². The fraction of sp³-hybridized carbons (Fsp3) is 0.0952. The van der Waals surface area contributed by atoms with Crippen molar-refractivity contribution in [2.75, 3.05) is 10.0 Å². The van der Waals surface area contributed by atoms with E-state index in [-0.39, 0.29) is 21.8 Å². The minimum Gasteiger partial charge on any atom is -0.322 e. The molecular formula is C21H19N3O5S. The van der Waals surface area contributed by atoms with Crippen molar-refractivity contribution in [1.82, 2.24) is 0 Å². The molecule has 0 heterocycles. The number of hydrogen-bond donors (Lipinski definition) is 2. The summed E-state index contributed by atoms with van der Waals surface area (Å²) in [5, 5.41) is 13.5. The largest absolute Gasteiger partial charge is 0.322 e. The first kappa shape index (κ1) is 21.0. The Morgan fingerprint density at radius 2 is 1.67 bits per heavy atom. The summed E-state index contributed by atoms with van der Waals surface area (Å²) in [5.41, 5.74) is 1.99. The average molecular weight is 425 g/mol. The second kappa shape index (κ2) is 8.34. The third kappa shape index (κ3) is 4.64. The number of carbonyl (C=O) groups excluding carboxylic acids is 1. The van der Waals surface area contributed by atoms with Gasteiger partial charge in [0.05, 0.1) is 15.5 Å². The Balaban J connectivity index is 1.89. The summed E-state index contributed by atoms with van der Waals surface area (Å²) in [5.74, 6) is -0.569. The molecule has 8 nitrogen and oxygen atoms in total. The number of hydrogen-bond acceptors (Lipinski definition) is 5. The van der Waals surface area contributed by atoms with Gasteiger partial charge in [0.1, 0.15) is 0 Å². The summed E-state index contributed by atoms with van der Waals surface area (Å²) in [6.45, 7) is 3.46. The number of aryl methyl sites for hydroxylation is 2. The van der Waals surface area contributed by atoms with Crippen LogP contribution in [0.1, 0.15) is 21.5 Å². The number of rotatable bonds is 6. The molecule has 154 valence electrons. The first-order valence-electron chi connectivity index (χ1n) is 8.92. The van der Waals surface area contributed by atoms with Gasteiger partial charge < -0.3 is 5.32 Å². The lowest BCUT2D eigenvalue weighted by Crippen LogP contribution is -2.17. The zero-order valence-electron chi connectivity index (χ0n) is 16.2. The predicted octanol–water partition coefficient (Wildman–Crippen LogP) is 4.26. The smallest absolute Gasteiger partial charge is 0.271 e. The maximum Gasteiger partial charge on any atom is 0.271 e. The lowest BCUT2D eigenvalue weighted by atomic mass is 10.1. The maximum absolute atomic E-state index is 12.8. The monoisotopic (exact) mass is 425 g/mol.